The molecular formula is C33H37N5O8S. The maximum atomic E-state index is 13.8. The Hall–Kier alpha value is -5.16. The Morgan fingerprint density at radius 1 is 1.04 bits per heavy atom. The summed E-state index contributed by atoms with van der Waals surface area (Å²) in [5.41, 5.74) is 0.775. The molecule has 0 aliphatic heterocycles. The van der Waals surface area contributed by atoms with Crippen LogP contribution >= 0.6 is 0 Å². The highest BCUT2D eigenvalue weighted by Crippen LogP contribution is 2.33. The Balaban J connectivity index is 1.57. The quantitative estimate of drug-likeness (QED) is 0.129. The summed E-state index contributed by atoms with van der Waals surface area (Å²) in [6, 6.07) is 19.4. The van der Waals surface area contributed by atoms with E-state index in [-0.39, 0.29) is 36.1 Å². The summed E-state index contributed by atoms with van der Waals surface area (Å²) in [5.74, 6) is -0.590. The molecule has 4 rings (SSSR count). The van der Waals surface area contributed by atoms with Crippen molar-refractivity contribution in [2.45, 2.75) is 77.2 Å². The van der Waals surface area contributed by atoms with Gasteiger partial charge in [0.15, 0.2) is 6.10 Å². The van der Waals surface area contributed by atoms with Crippen molar-refractivity contribution in [2.24, 2.45) is 0 Å². The number of nitro benzene ring substituents is 1. The smallest absolute Gasteiger partial charge is 0.408 e. The first-order valence-electron chi connectivity index (χ1n) is 15.1. The molecule has 1 fully saturated rings. The van der Waals surface area contributed by atoms with Crippen molar-refractivity contribution in [3.63, 3.8) is 0 Å². The van der Waals surface area contributed by atoms with Crippen LogP contribution in [0, 0.1) is 21.4 Å². The van der Waals surface area contributed by atoms with Crippen LogP contribution in [0.5, 0.6) is 5.75 Å². The van der Waals surface area contributed by atoms with Crippen LogP contribution in [0.1, 0.15) is 63.1 Å². The van der Waals surface area contributed by atoms with Gasteiger partial charge < -0.3 is 20.1 Å². The first-order valence-corrected chi connectivity index (χ1v) is 16.2. The normalized spacial score (nSPS) is 13.8. The third kappa shape index (κ3) is 9.91. The zero-order valence-electron chi connectivity index (χ0n) is 26.3. The van der Waals surface area contributed by atoms with Gasteiger partial charge in [0.25, 0.3) is 11.6 Å². The highest BCUT2D eigenvalue weighted by atomic mass is 32.2. The van der Waals surface area contributed by atoms with Gasteiger partial charge in [0.1, 0.15) is 18.0 Å². The number of amides is 2. The number of hydrogen-bond acceptors (Lipinski definition) is 10. The van der Waals surface area contributed by atoms with Crippen LogP contribution in [0.25, 0.3) is 0 Å². The molecular weight excluding hydrogens is 626 g/mol. The number of ether oxygens (including phenoxy) is 2. The zero-order chi connectivity index (χ0) is 34.1. The van der Waals surface area contributed by atoms with E-state index in [2.05, 4.69) is 16.7 Å². The number of carbonyl (C=O) groups excluding carboxylic acids is 2. The van der Waals surface area contributed by atoms with Gasteiger partial charge in [0.2, 0.25) is 10.9 Å². The Morgan fingerprint density at radius 3 is 2.26 bits per heavy atom. The highest BCUT2D eigenvalue weighted by molar-refractivity contribution is 7.75. The van der Waals surface area contributed by atoms with Crippen molar-refractivity contribution < 1.29 is 32.4 Å². The second-order valence-electron chi connectivity index (χ2n) is 12.2. The molecule has 248 valence electrons. The molecule has 2 N–H and O–H groups in total. The molecule has 14 heteroatoms. The third-order valence-electron chi connectivity index (χ3n) is 7.34. The van der Waals surface area contributed by atoms with E-state index in [1.54, 1.807) is 69.3 Å². The lowest BCUT2D eigenvalue weighted by Crippen LogP contribution is -2.47. The fraction of sp³-hybridized carbons (Fsp3) is 0.364. The number of alkyl carbamates (subject to hydrolysis) is 1. The second-order valence-corrected chi connectivity index (χ2v) is 13.1. The third-order valence-corrected chi connectivity index (χ3v) is 8.10. The topological polar surface area (TPSA) is 181 Å². The Kier molecular flexibility index (Phi) is 11.4. The number of anilines is 2. The van der Waals surface area contributed by atoms with E-state index in [9.17, 15) is 28.1 Å². The summed E-state index contributed by atoms with van der Waals surface area (Å²) in [6.45, 7) is 5.38. The van der Waals surface area contributed by atoms with Crippen LogP contribution in [-0.2, 0) is 33.4 Å². The van der Waals surface area contributed by atoms with Gasteiger partial charge in [-0.2, -0.15) is 5.26 Å². The molecule has 2 amide bonds. The van der Waals surface area contributed by atoms with Crippen LogP contribution in [0.15, 0.2) is 66.7 Å². The van der Waals surface area contributed by atoms with E-state index in [0.717, 1.165) is 37.3 Å². The fourth-order valence-corrected chi connectivity index (χ4v) is 5.68. The minimum Gasteiger partial charge on any atom is -0.489 e. The van der Waals surface area contributed by atoms with Gasteiger partial charge in [-0.15, -0.1) is 0 Å². The minimum absolute atomic E-state index is 0.0558. The summed E-state index contributed by atoms with van der Waals surface area (Å²) >= 11 is 0. The van der Waals surface area contributed by atoms with Crippen LogP contribution in [0.3, 0.4) is 0 Å². The highest BCUT2D eigenvalue weighted by Gasteiger charge is 2.33. The number of nitrogens with zero attached hydrogens (tertiary/aromatic N) is 3. The van der Waals surface area contributed by atoms with Crippen molar-refractivity contribution in [1.29, 1.82) is 5.26 Å². The molecule has 0 aromatic heterocycles. The lowest BCUT2D eigenvalue weighted by molar-refractivity contribution is -0.383. The molecule has 1 aliphatic rings. The first kappa shape index (κ1) is 34.7. The molecule has 0 bridgehead atoms. The maximum Gasteiger partial charge on any atom is 0.408 e. The molecule has 0 heterocycles. The monoisotopic (exact) mass is 663 g/mol. The number of rotatable bonds is 12. The van der Waals surface area contributed by atoms with Gasteiger partial charge >= 0.3 is 6.09 Å². The van der Waals surface area contributed by atoms with Crippen molar-refractivity contribution in [2.75, 3.05) is 9.62 Å². The number of nitrogens with one attached hydrogen (secondary N) is 2. The molecule has 13 nitrogen and oxygen atoms in total. The predicted octanol–water partition coefficient (Wildman–Crippen LogP) is 5.40. The van der Waals surface area contributed by atoms with E-state index < -0.39 is 39.5 Å². The lowest BCUT2D eigenvalue weighted by atomic mass is 10.1. The average molecular weight is 664 g/mol. The van der Waals surface area contributed by atoms with Crippen LogP contribution in [-0.4, -0.2) is 43.0 Å². The number of thiol groups is 1. The molecule has 0 radical (unpaired) electrons. The van der Waals surface area contributed by atoms with Crippen LogP contribution in [0.4, 0.5) is 21.9 Å². The predicted molar refractivity (Wildman–Crippen MR) is 176 cm³/mol. The van der Waals surface area contributed by atoms with E-state index >= 15 is 0 Å². The SMILES string of the molecule is CC(C)(C)NC(=O)O[C@@H](Cc1ccc(OCc2ccc(C#N)cc2)cc1)C(=O)N(c1ccc(NC2CCCC2)c([N+](=O)[O-])c1)[SH](=O)=O. The Labute approximate surface area is 274 Å². The first-order chi connectivity index (χ1) is 22.3. The van der Waals surface area contributed by atoms with E-state index in [1.807, 2.05) is 0 Å². The molecule has 1 atom stereocenters. The molecule has 0 saturated heterocycles. The second kappa shape index (κ2) is 15.4. The zero-order valence-corrected chi connectivity index (χ0v) is 27.2. The number of nitro groups is 1. The molecule has 3 aromatic rings. The maximum absolute atomic E-state index is 13.8. The van der Waals surface area contributed by atoms with E-state index in [1.165, 1.54) is 12.1 Å². The standard InChI is InChI=1S/C33H37N5O8S/c1-33(2,3)36-32(40)46-30(18-22-12-15-27(16-13-22)45-21-24-10-8-23(20-34)9-11-24)31(39)37(47(43)44)26-14-17-28(29(19-26)38(41)42)35-25-6-4-5-7-25/h8-17,19,25,30,35,47H,4-7,18,21H2,1-3H3,(H,36,40)/t30-/m0/s1. The number of carbonyl (C=O) groups is 2. The van der Waals surface area contributed by atoms with Gasteiger partial charge in [0.05, 0.1) is 22.2 Å². The summed E-state index contributed by atoms with van der Waals surface area (Å²) in [4.78, 5) is 37.9. The number of hydrogen-bond donors (Lipinski definition) is 3. The van der Waals surface area contributed by atoms with Gasteiger partial charge in [-0.1, -0.05) is 37.1 Å². The van der Waals surface area contributed by atoms with E-state index in [0.29, 0.717) is 21.2 Å². The molecule has 1 aliphatic carbocycles. The Morgan fingerprint density at radius 2 is 1.68 bits per heavy atom. The molecule has 1 saturated carbocycles. The molecule has 47 heavy (non-hydrogen) atoms. The van der Waals surface area contributed by atoms with E-state index in [4.69, 9.17) is 14.7 Å². The summed E-state index contributed by atoms with van der Waals surface area (Å²) < 4.78 is 36.7. The van der Waals surface area contributed by atoms with Gasteiger partial charge in [-0.3, -0.25) is 14.9 Å². The summed E-state index contributed by atoms with van der Waals surface area (Å²) in [5, 5.41) is 26.7. The van der Waals surface area contributed by atoms with Crippen molar-refractivity contribution in [1.82, 2.24) is 5.32 Å². The van der Waals surface area contributed by atoms with Crippen molar-refractivity contribution in [3.8, 4) is 11.8 Å². The number of benzene rings is 3. The van der Waals surface area contributed by atoms with Crippen LogP contribution < -0.4 is 19.7 Å². The summed E-state index contributed by atoms with van der Waals surface area (Å²) in [6.07, 6.45) is 0.968. The Bertz CT molecular complexity index is 1700. The fourth-order valence-electron chi connectivity index (χ4n) is 5.08. The molecule has 0 spiro atoms. The molecule has 3 aromatic carbocycles. The minimum atomic E-state index is -3.64. The van der Waals surface area contributed by atoms with Gasteiger partial charge in [-0.05, 0) is 81.1 Å². The number of nitriles is 1. The summed E-state index contributed by atoms with van der Waals surface area (Å²) in [7, 11) is -3.64. The van der Waals surface area contributed by atoms with Crippen molar-refractivity contribution >= 4 is 40.0 Å². The van der Waals surface area contributed by atoms with Gasteiger partial charge in [-0.25, -0.2) is 17.5 Å². The molecule has 0 unspecified atom stereocenters. The van der Waals surface area contributed by atoms with Crippen molar-refractivity contribution in [3.05, 3.63) is 93.5 Å². The largest absolute Gasteiger partial charge is 0.489 e. The van der Waals surface area contributed by atoms with Gasteiger partial charge in [0, 0.05) is 24.1 Å². The van der Waals surface area contributed by atoms with Crippen LogP contribution in [0.2, 0.25) is 0 Å². The average Bonchev–Trinajstić information content (AvgIpc) is 3.53. The lowest BCUT2D eigenvalue weighted by Gasteiger charge is -2.26.